The van der Waals surface area contributed by atoms with Gasteiger partial charge in [-0.1, -0.05) is 12.1 Å². The van der Waals surface area contributed by atoms with Crippen LogP contribution in [0.2, 0.25) is 0 Å². The standard InChI is InChI=1S/C17H22N4O2/c1-12(13-7-9-14(23-3)10-8-13)20(2)17(22)16-19-18-15-6-4-5-11-21(15)16/h7-10,12H,4-6,11H2,1-3H3. The van der Waals surface area contributed by atoms with Crippen LogP contribution in [0.25, 0.3) is 0 Å². The van der Waals surface area contributed by atoms with Crippen LogP contribution in [0.3, 0.4) is 0 Å². The maximum atomic E-state index is 12.8. The molecule has 6 nitrogen and oxygen atoms in total. The number of nitrogens with zero attached hydrogens (tertiary/aromatic N) is 4. The number of carbonyl (C=O) groups is 1. The smallest absolute Gasteiger partial charge is 0.292 e. The summed E-state index contributed by atoms with van der Waals surface area (Å²) in [5.74, 6) is 2.09. The number of methoxy groups -OCH3 is 1. The summed E-state index contributed by atoms with van der Waals surface area (Å²) in [7, 11) is 3.45. The lowest BCUT2D eigenvalue weighted by Gasteiger charge is -2.25. The molecule has 1 aliphatic rings. The monoisotopic (exact) mass is 314 g/mol. The second-order valence-corrected chi connectivity index (χ2v) is 5.91. The van der Waals surface area contributed by atoms with Crippen LogP contribution in [0.15, 0.2) is 24.3 Å². The normalized spacial score (nSPS) is 14.9. The number of aryl methyl sites for hydroxylation is 1. The Bertz CT molecular complexity index is 693. The minimum atomic E-state index is -0.0889. The molecule has 0 saturated heterocycles. The molecule has 1 aliphatic heterocycles. The van der Waals surface area contributed by atoms with Crippen LogP contribution in [-0.4, -0.2) is 39.7 Å². The molecule has 0 spiro atoms. The molecule has 0 bridgehead atoms. The van der Waals surface area contributed by atoms with Crippen LogP contribution < -0.4 is 4.74 Å². The fourth-order valence-corrected chi connectivity index (χ4v) is 2.91. The zero-order valence-corrected chi connectivity index (χ0v) is 13.8. The fraction of sp³-hybridized carbons (Fsp3) is 0.471. The zero-order valence-electron chi connectivity index (χ0n) is 13.8. The third-order valence-corrected chi connectivity index (χ3v) is 4.55. The summed E-state index contributed by atoms with van der Waals surface area (Å²) in [6, 6.07) is 7.72. The van der Waals surface area contributed by atoms with Gasteiger partial charge >= 0.3 is 0 Å². The maximum Gasteiger partial charge on any atom is 0.292 e. The molecule has 6 heteroatoms. The largest absolute Gasteiger partial charge is 0.497 e. The molecule has 23 heavy (non-hydrogen) atoms. The summed E-state index contributed by atoms with van der Waals surface area (Å²) in [5.41, 5.74) is 1.06. The summed E-state index contributed by atoms with van der Waals surface area (Å²) in [5, 5.41) is 8.29. The molecular formula is C17H22N4O2. The Kier molecular flexibility index (Phi) is 4.32. The highest BCUT2D eigenvalue weighted by atomic mass is 16.5. The zero-order chi connectivity index (χ0) is 16.4. The van der Waals surface area contributed by atoms with E-state index < -0.39 is 0 Å². The molecule has 0 saturated carbocycles. The number of aromatic nitrogens is 3. The van der Waals surface area contributed by atoms with E-state index in [0.717, 1.165) is 42.9 Å². The van der Waals surface area contributed by atoms with E-state index in [0.29, 0.717) is 5.82 Å². The third-order valence-electron chi connectivity index (χ3n) is 4.55. The minimum Gasteiger partial charge on any atom is -0.497 e. The second kappa shape index (κ2) is 6.40. The van der Waals surface area contributed by atoms with E-state index in [1.807, 2.05) is 42.8 Å². The molecule has 1 aromatic heterocycles. The van der Waals surface area contributed by atoms with Gasteiger partial charge in [0.1, 0.15) is 11.6 Å². The Balaban J connectivity index is 1.79. The first-order valence-electron chi connectivity index (χ1n) is 7.95. The van der Waals surface area contributed by atoms with Gasteiger partial charge in [-0.3, -0.25) is 4.79 Å². The van der Waals surface area contributed by atoms with Crippen LogP contribution >= 0.6 is 0 Å². The van der Waals surface area contributed by atoms with Crippen LogP contribution in [0.4, 0.5) is 0 Å². The van der Waals surface area contributed by atoms with E-state index in [4.69, 9.17) is 4.74 Å². The molecule has 122 valence electrons. The number of hydrogen-bond donors (Lipinski definition) is 0. The Hall–Kier alpha value is -2.37. The first-order valence-corrected chi connectivity index (χ1v) is 7.95. The first kappa shape index (κ1) is 15.5. The van der Waals surface area contributed by atoms with E-state index >= 15 is 0 Å². The molecule has 0 radical (unpaired) electrons. The summed E-state index contributed by atoms with van der Waals surface area (Å²) in [4.78, 5) is 14.5. The van der Waals surface area contributed by atoms with Gasteiger partial charge < -0.3 is 14.2 Å². The minimum absolute atomic E-state index is 0.0510. The van der Waals surface area contributed by atoms with Crippen LogP contribution in [0.5, 0.6) is 5.75 Å². The molecule has 0 N–H and O–H groups in total. The Morgan fingerprint density at radius 3 is 2.70 bits per heavy atom. The van der Waals surface area contributed by atoms with Crippen molar-refractivity contribution in [1.82, 2.24) is 19.7 Å². The molecule has 1 atom stereocenters. The maximum absolute atomic E-state index is 12.8. The summed E-state index contributed by atoms with van der Waals surface area (Å²) < 4.78 is 7.14. The van der Waals surface area contributed by atoms with Crippen molar-refractivity contribution in [2.45, 2.75) is 38.8 Å². The van der Waals surface area contributed by atoms with Crippen molar-refractivity contribution in [3.8, 4) is 5.75 Å². The van der Waals surface area contributed by atoms with Crippen molar-refractivity contribution in [2.24, 2.45) is 0 Å². The summed E-state index contributed by atoms with van der Waals surface area (Å²) >= 11 is 0. The Morgan fingerprint density at radius 1 is 1.26 bits per heavy atom. The fourth-order valence-electron chi connectivity index (χ4n) is 2.91. The molecule has 1 unspecified atom stereocenters. The van der Waals surface area contributed by atoms with Crippen molar-refractivity contribution < 1.29 is 9.53 Å². The van der Waals surface area contributed by atoms with Gasteiger partial charge in [0.2, 0.25) is 5.82 Å². The molecule has 1 amide bonds. The number of rotatable bonds is 4. The first-order chi connectivity index (χ1) is 11.1. The highest BCUT2D eigenvalue weighted by molar-refractivity contribution is 5.90. The number of ether oxygens (including phenoxy) is 1. The van der Waals surface area contributed by atoms with Gasteiger partial charge in [-0.25, -0.2) is 0 Å². The van der Waals surface area contributed by atoms with Crippen molar-refractivity contribution in [3.63, 3.8) is 0 Å². The van der Waals surface area contributed by atoms with Gasteiger partial charge in [0.15, 0.2) is 0 Å². The van der Waals surface area contributed by atoms with Crippen molar-refractivity contribution in [2.75, 3.05) is 14.2 Å². The average Bonchev–Trinajstić information content (AvgIpc) is 3.04. The Morgan fingerprint density at radius 2 is 2.00 bits per heavy atom. The van der Waals surface area contributed by atoms with Gasteiger partial charge in [0, 0.05) is 20.0 Å². The molecular weight excluding hydrogens is 292 g/mol. The van der Waals surface area contributed by atoms with Crippen molar-refractivity contribution in [1.29, 1.82) is 0 Å². The SMILES string of the molecule is COc1ccc(C(C)N(C)C(=O)c2nnc3n2CCCC3)cc1. The second-order valence-electron chi connectivity index (χ2n) is 5.91. The topological polar surface area (TPSA) is 60.2 Å². The predicted octanol–water partition coefficient (Wildman–Crippen LogP) is 2.46. The van der Waals surface area contributed by atoms with Crippen molar-refractivity contribution in [3.05, 3.63) is 41.5 Å². The van der Waals surface area contributed by atoms with E-state index in [1.165, 1.54) is 0 Å². The molecule has 0 aliphatic carbocycles. The third kappa shape index (κ3) is 2.93. The van der Waals surface area contributed by atoms with Crippen molar-refractivity contribution >= 4 is 5.91 Å². The summed E-state index contributed by atoms with van der Waals surface area (Å²) in [6.45, 7) is 2.83. The lowest BCUT2D eigenvalue weighted by atomic mass is 10.1. The molecule has 0 fully saturated rings. The highest BCUT2D eigenvalue weighted by Crippen LogP contribution is 2.23. The van der Waals surface area contributed by atoms with Crippen LogP contribution in [-0.2, 0) is 13.0 Å². The molecule has 1 aromatic carbocycles. The number of fused-ring (bicyclic) bond motifs is 1. The molecule has 2 heterocycles. The summed E-state index contributed by atoms with van der Waals surface area (Å²) in [6.07, 6.45) is 3.09. The number of carbonyl (C=O) groups excluding carboxylic acids is 1. The quantitative estimate of drug-likeness (QED) is 0.870. The van der Waals surface area contributed by atoms with E-state index in [1.54, 1.807) is 12.0 Å². The Labute approximate surface area is 136 Å². The van der Waals surface area contributed by atoms with Crippen LogP contribution in [0.1, 0.15) is 47.8 Å². The number of hydrogen-bond acceptors (Lipinski definition) is 4. The number of benzene rings is 1. The molecule has 3 rings (SSSR count). The van der Waals surface area contributed by atoms with Gasteiger partial charge in [-0.2, -0.15) is 0 Å². The van der Waals surface area contributed by atoms with Gasteiger partial charge in [-0.15, -0.1) is 10.2 Å². The van der Waals surface area contributed by atoms with E-state index in [2.05, 4.69) is 10.2 Å². The highest BCUT2D eigenvalue weighted by Gasteiger charge is 2.26. The average molecular weight is 314 g/mol. The van der Waals surface area contributed by atoms with E-state index in [9.17, 15) is 4.79 Å². The number of amides is 1. The van der Waals surface area contributed by atoms with E-state index in [-0.39, 0.29) is 11.9 Å². The lowest BCUT2D eigenvalue weighted by Crippen LogP contribution is -2.32. The van der Waals surface area contributed by atoms with Gasteiger partial charge in [0.05, 0.1) is 13.2 Å². The molecule has 2 aromatic rings. The lowest BCUT2D eigenvalue weighted by molar-refractivity contribution is 0.0723. The predicted molar refractivity (Wildman–Crippen MR) is 86.5 cm³/mol. The van der Waals surface area contributed by atoms with Gasteiger partial charge in [0.25, 0.3) is 5.91 Å². The van der Waals surface area contributed by atoms with Gasteiger partial charge in [-0.05, 0) is 37.5 Å². The van der Waals surface area contributed by atoms with Crippen LogP contribution in [0, 0.1) is 0 Å².